The summed E-state index contributed by atoms with van der Waals surface area (Å²) in [6, 6.07) is 5.94. The molecule has 1 amide bonds. The number of rotatable bonds is 4. The number of nitrogens with zero attached hydrogens (tertiary/aromatic N) is 2. The Kier molecular flexibility index (Phi) is 6.26. The lowest BCUT2D eigenvalue weighted by Gasteiger charge is -2.14. The zero-order valence-corrected chi connectivity index (χ0v) is 17.5. The van der Waals surface area contributed by atoms with Crippen molar-refractivity contribution >= 4 is 56.6 Å². The van der Waals surface area contributed by atoms with E-state index in [1.807, 2.05) is 0 Å². The highest BCUT2D eigenvalue weighted by Crippen LogP contribution is 2.33. The van der Waals surface area contributed by atoms with Crippen molar-refractivity contribution in [3.63, 3.8) is 0 Å². The van der Waals surface area contributed by atoms with Gasteiger partial charge in [-0.25, -0.2) is 4.79 Å². The van der Waals surface area contributed by atoms with Gasteiger partial charge in [0.2, 0.25) is 0 Å². The van der Waals surface area contributed by atoms with Gasteiger partial charge in [0, 0.05) is 15.6 Å². The number of alkyl halides is 3. The minimum Gasteiger partial charge on any atom is -0.480 e. The molecule has 0 aliphatic heterocycles. The Labute approximate surface area is 182 Å². The van der Waals surface area contributed by atoms with Crippen molar-refractivity contribution in [3.05, 3.63) is 62.4 Å². The van der Waals surface area contributed by atoms with Gasteiger partial charge in [-0.3, -0.25) is 4.79 Å². The monoisotopic (exact) mass is 476 g/mol. The molecular weight excluding hydrogens is 464 g/mol. The van der Waals surface area contributed by atoms with Crippen LogP contribution in [0, 0.1) is 0 Å². The quantitative estimate of drug-likeness (QED) is 0.516. The van der Waals surface area contributed by atoms with E-state index in [2.05, 4.69) is 4.99 Å². The summed E-state index contributed by atoms with van der Waals surface area (Å²) in [6.45, 7) is 1.61. The summed E-state index contributed by atoms with van der Waals surface area (Å²) in [7, 11) is 0. The Balaban J connectivity index is 2.26. The van der Waals surface area contributed by atoms with E-state index < -0.39 is 29.7 Å². The second-order valence-electron chi connectivity index (χ2n) is 6.27. The maximum atomic E-state index is 13.1. The lowest BCUT2D eigenvalue weighted by atomic mass is 10.2. The normalized spacial score (nSPS) is 13.6. The third-order valence-electron chi connectivity index (χ3n) is 4.24. The van der Waals surface area contributed by atoms with Crippen LogP contribution in [-0.4, -0.2) is 21.6 Å². The van der Waals surface area contributed by atoms with Gasteiger partial charge in [0.15, 0.2) is 4.80 Å². The van der Waals surface area contributed by atoms with Crippen LogP contribution in [0.15, 0.2) is 41.4 Å². The summed E-state index contributed by atoms with van der Waals surface area (Å²) in [5.74, 6) is -1.95. The van der Waals surface area contributed by atoms with Crippen molar-refractivity contribution in [2.45, 2.75) is 25.6 Å². The summed E-state index contributed by atoms with van der Waals surface area (Å²) in [6.07, 6.45) is -4.43. The number of amides is 1. The van der Waals surface area contributed by atoms with Crippen molar-refractivity contribution in [2.24, 2.45) is 4.99 Å². The van der Waals surface area contributed by atoms with Crippen molar-refractivity contribution < 1.29 is 27.9 Å². The molecule has 0 aliphatic carbocycles. The number of halogens is 5. The van der Waals surface area contributed by atoms with E-state index in [4.69, 9.17) is 23.2 Å². The van der Waals surface area contributed by atoms with Crippen LogP contribution in [0.3, 0.4) is 0 Å². The number of aromatic nitrogens is 1. The molecule has 0 saturated heterocycles. The van der Waals surface area contributed by atoms with Crippen LogP contribution in [0.4, 0.5) is 13.2 Å². The molecule has 0 bridgehead atoms. The van der Waals surface area contributed by atoms with Gasteiger partial charge in [0.25, 0.3) is 5.91 Å². The first-order valence-electron chi connectivity index (χ1n) is 8.51. The van der Waals surface area contributed by atoms with Crippen LogP contribution in [-0.2, 0) is 11.0 Å². The first-order chi connectivity index (χ1) is 14.0. The van der Waals surface area contributed by atoms with Crippen molar-refractivity contribution in [2.75, 3.05) is 0 Å². The minimum absolute atomic E-state index is 0.0420. The lowest BCUT2D eigenvalue weighted by molar-refractivity contribution is -0.141. The summed E-state index contributed by atoms with van der Waals surface area (Å²) >= 11 is 12.6. The molecule has 3 rings (SSSR count). The summed E-state index contributed by atoms with van der Waals surface area (Å²) in [4.78, 5) is 28.3. The fraction of sp³-hybridized carbons (Fsp3) is 0.211. The van der Waals surface area contributed by atoms with Gasteiger partial charge in [-0.2, -0.15) is 18.2 Å². The lowest BCUT2D eigenvalue weighted by Crippen LogP contribution is -2.27. The van der Waals surface area contributed by atoms with Gasteiger partial charge in [-0.15, -0.1) is 0 Å². The molecule has 2 aromatic carbocycles. The van der Waals surface area contributed by atoms with Crippen LogP contribution in [0.1, 0.15) is 35.3 Å². The molecule has 0 aliphatic rings. The average Bonchev–Trinajstić information content (AvgIpc) is 2.97. The third kappa shape index (κ3) is 4.53. The minimum atomic E-state index is -4.56. The number of carboxylic acids is 1. The fourth-order valence-electron chi connectivity index (χ4n) is 2.90. The van der Waals surface area contributed by atoms with Gasteiger partial charge >= 0.3 is 12.1 Å². The number of carbonyl (C=O) groups excluding carboxylic acids is 1. The zero-order chi connectivity index (χ0) is 22.2. The van der Waals surface area contributed by atoms with Crippen LogP contribution >= 0.6 is 34.5 Å². The Morgan fingerprint density at radius 2 is 1.80 bits per heavy atom. The summed E-state index contributed by atoms with van der Waals surface area (Å²) < 4.78 is 40.7. The molecule has 0 radical (unpaired) electrons. The van der Waals surface area contributed by atoms with E-state index in [1.54, 1.807) is 6.92 Å². The molecule has 5 nitrogen and oxygen atoms in total. The number of fused-ring (bicyclic) bond motifs is 1. The number of carbonyl (C=O) groups is 2. The topological polar surface area (TPSA) is 71.7 Å². The molecule has 1 atom stereocenters. The highest BCUT2D eigenvalue weighted by molar-refractivity contribution is 7.16. The first kappa shape index (κ1) is 22.3. The molecule has 1 aromatic heterocycles. The average molecular weight is 477 g/mol. The van der Waals surface area contributed by atoms with E-state index >= 15 is 0 Å². The molecule has 3 aromatic rings. The number of hydrogen-bond acceptors (Lipinski definition) is 3. The third-order valence-corrected chi connectivity index (χ3v) is 5.70. The van der Waals surface area contributed by atoms with Gasteiger partial charge in [-0.1, -0.05) is 41.5 Å². The Bertz CT molecular complexity index is 1200. The standard InChI is InChI=1S/C19H13Cl2F3N2O3S/c1-2-13(17(28)29)26-14-4-3-10(19(22,23)24)7-15(14)30-18(26)25-16(27)9-5-11(20)8-12(21)6-9/h3-8,13H,2H2,1H3,(H,28,29)/b25-18-. The van der Waals surface area contributed by atoms with Gasteiger partial charge < -0.3 is 9.67 Å². The molecular formula is C19H13Cl2F3N2O3S. The molecule has 30 heavy (non-hydrogen) atoms. The first-order valence-corrected chi connectivity index (χ1v) is 10.1. The number of thiazole rings is 1. The molecule has 1 unspecified atom stereocenters. The Morgan fingerprint density at radius 3 is 2.33 bits per heavy atom. The second-order valence-corrected chi connectivity index (χ2v) is 8.15. The predicted molar refractivity (Wildman–Crippen MR) is 108 cm³/mol. The Morgan fingerprint density at radius 1 is 1.17 bits per heavy atom. The van der Waals surface area contributed by atoms with Gasteiger partial charge in [0.1, 0.15) is 6.04 Å². The van der Waals surface area contributed by atoms with E-state index in [1.165, 1.54) is 28.8 Å². The van der Waals surface area contributed by atoms with Crippen LogP contribution in [0.5, 0.6) is 0 Å². The van der Waals surface area contributed by atoms with Crippen LogP contribution < -0.4 is 4.80 Å². The Hall–Kier alpha value is -2.36. The molecule has 0 saturated carbocycles. The van der Waals surface area contributed by atoms with E-state index in [0.717, 1.165) is 23.5 Å². The highest BCUT2D eigenvalue weighted by atomic mass is 35.5. The van der Waals surface area contributed by atoms with E-state index in [9.17, 15) is 27.9 Å². The van der Waals surface area contributed by atoms with Crippen molar-refractivity contribution in [1.82, 2.24) is 4.57 Å². The maximum absolute atomic E-state index is 13.1. The molecule has 11 heteroatoms. The molecule has 0 fully saturated rings. The van der Waals surface area contributed by atoms with Crippen LogP contribution in [0.25, 0.3) is 10.2 Å². The highest BCUT2D eigenvalue weighted by Gasteiger charge is 2.31. The predicted octanol–water partition coefficient (Wildman–Crippen LogP) is 5.81. The maximum Gasteiger partial charge on any atom is 0.416 e. The van der Waals surface area contributed by atoms with Crippen LogP contribution in [0.2, 0.25) is 10.0 Å². The van der Waals surface area contributed by atoms with E-state index in [0.29, 0.717) is 0 Å². The van der Waals surface area contributed by atoms with Gasteiger partial charge in [0.05, 0.1) is 15.8 Å². The molecule has 0 spiro atoms. The zero-order valence-electron chi connectivity index (χ0n) is 15.2. The smallest absolute Gasteiger partial charge is 0.416 e. The molecule has 158 valence electrons. The molecule has 1 N–H and O–H groups in total. The van der Waals surface area contributed by atoms with Crippen molar-refractivity contribution in [1.29, 1.82) is 0 Å². The number of carboxylic acid groups (broad SMARTS) is 1. The summed E-state index contributed by atoms with van der Waals surface area (Å²) in [5.41, 5.74) is -0.583. The molecule has 1 heterocycles. The fourth-order valence-corrected chi connectivity index (χ4v) is 4.53. The van der Waals surface area contributed by atoms with E-state index in [-0.39, 0.29) is 37.0 Å². The number of aliphatic carboxylic acids is 1. The largest absolute Gasteiger partial charge is 0.480 e. The van der Waals surface area contributed by atoms with Crippen molar-refractivity contribution in [3.8, 4) is 0 Å². The second kappa shape index (κ2) is 8.41. The van der Waals surface area contributed by atoms with Gasteiger partial charge in [-0.05, 0) is 42.8 Å². The SMILES string of the molecule is CCC(C(=O)O)n1/c(=N/C(=O)c2cc(Cl)cc(Cl)c2)sc2cc(C(F)(F)F)ccc21. The summed E-state index contributed by atoms with van der Waals surface area (Å²) in [5, 5.41) is 9.99. The number of benzene rings is 2. The number of hydrogen-bond donors (Lipinski definition) is 1.